The van der Waals surface area contributed by atoms with Crippen LogP contribution in [0.1, 0.15) is 5.56 Å². The van der Waals surface area contributed by atoms with Gasteiger partial charge in [0.05, 0.1) is 5.69 Å². The van der Waals surface area contributed by atoms with Crippen LogP contribution in [0.3, 0.4) is 0 Å². The van der Waals surface area contributed by atoms with Crippen LogP contribution in [0, 0.1) is 6.92 Å². The average Bonchev–Trinajstić information content (AvgIpc) is 3.11. The highest BCUT2D eigenvalue weighted by molar-refractivity contribution is 5.91. The van der Waals surface area contributed by atoms with E-state index in [1.807, 2.05) is 48.7 Å². The van der Waals surface area contributed by atoms with Crippen molar-refractivity contribution in [1.82, 2.24) is 15.0 Å². The molecule has 0 fully saturated rings. The molecule has 0 unspecified atom stereocenters. The van der Waals surface area contributed by atoms with Gasteiger partial charge in [-0.15, -0.1) is 0 Å². The van der Waals surface area contributed by atoms with Crippen LogP contribution in [0.15, 0.2) is 89.7 Å². The first kappa shape index (κ1) is 16.4. The summed E-state index contributed by atoms with van der Waals surface area (Å²) in [6.45, 7) is 2.09. The standard InChI is InChI=1S/C24H17N3O/c1-16-20-15-19(24-26-12-5-13-27-24)9-10-22(20)28-23(16)18-7-4-6-17(14-18)21-8-2-3-11-25-21/h2-15H,1H3. The van der Waals surface area contributed by atoms with Crippen LogP contribution < -0.4 is 0 Å². The Morgan fingerprint density at radius 2 is 1.50 bits per heavy atom. The van der Waals surface area contributed by atoms with Crippen molar-refractivity contribution < 1.29 is 4.42 Å². The summed E-state index contributed by atoms with van der Waals surface area (Å²) in [5.41, 5.74) is 5.99. The van der Waals surface area contributed by atoms with Crippen molar-refractivity contribution in [3.05, 3.63) is 90.9 Å². The molecule has 0 atom stereocenters. The van der Waals surface area contributed by atoms with Crippen molar-refractivity contribution in [3.63, 3.8) is 0 Å². The maximum Gasteiger partial charge on any atom is 0.159 e. The zero-order valence-corrected chi connectivity index (χ0v) is 15.3. The molecule has 3 aromatic heterocycles. The molecule has 28 heavy (non-hydrogen) atoms. The second-order valence-electron chi connectivity index (χ2n) is 6.64. The average molecular weight is 363 g/mol. The Bertz CT molecular complexity index is 1260. The first-order chi connectivity index (χ1) is 13.8. The summed E-state index contributed by atoms with van der Waals surface area (Å²) in [6, 6.07) is 22.1. The predicted octanol–water partition coefficient (Wildman–Crippen LogP) is 5.93. The van der Waals surface area contributed by atoms with E-state index in [2.05, 4.69) is 46.1 Å². The second-order valence-corrected chi connectivity index (χ2v) is 6.64. The van der Waals surface area contributed by atoms with Gasteiger partial charge in [-0.1, -0.05) is 24.3 Å². The molecule has 0 aliphatic carbocycles. The maximum atomic E-state index is 6.21. The molecule has 0 radical (unpaired) electrons. The number of benzene rings is 2. The van der Waals surface area contributed by atoms with E-state index in [0.717, 1.165) is 44.7 Å². The van der Waals surface area contributed by atoms with E-state index in [1.54, 1.807) is 12.4 Å². The lowest BCUT2D eigenvalue weighted by Gasteiger charge is -2.04. The third-order valence-electron chi connectivity index (χ3n) is 4.85. The first-order valence-corrected chi connectivity index (χ1v) is 9.12. The van der Waals surface area contributed by atoms with Crippen LogP contribution in [0.2, 0.25) is 0 Å². The van der Waals surface area contributed by atoms with E-state index < -0.39 is 0 Å². The van der Waals surface area contributed by atoms with Gasteiger partial charge in [0.25, 0.3) is 0 Å². The summed E-state index contributed by atoms with van der Waals surface area (Å²) in [7, 11) is 0. The molecular weight excluding hydrogens is 346 g/mol. The van der Waals surface area contributed by atoms with Gasteiger partial charge in [0.1, 0.15) is 11.3 Å². The lowest BCUT2D eigenvalue weighted by Crippen LogP contribution is -1.86. The van der Waals surface area contributed by atoms with Gasteiger partial charge in [0, 0.05) is 46.2 Å². The summed E-state index contributed by atoms with van der Waals surface area (Å²) < 4.78 is 6.21. The second kappa shape index (κ2) is 6.74. The number of furan rings is 1. The number of rotatable bonds is 3. The summed E-state index contributed by atoms with van der Waals surface area (Å²) >= 11 is 0. The Labute approximate surface area is 162 Å². The Hall–Kier alpha value is -3.79. The number of fused-ring (bicyclic) bond motifs is 1. The molecule has 2 aromatic carbocycles. The van der Waals surface area contributed by atoms with E-state index in [0.29, 0.717) is 5.82 Å². The van der Waals surface area contributed by atoms with Gasteiger partial charge >= 0.3 is 0 Å². The molecule has 0 amide bonds. The van der Waals surface area contributed by atoms with Crippen LogP contribution in [0.5, 0.6) is 0 Å². The van der Waals surface area contributed by atoms with E-state index >= 15 is 0 Å². The highest BCUT2D eigenvalue weighted by Crippen LogP contribution is 2.36. The van der Waals surface area contributed by atoms with Gasteiger partial charge < -0.3 is 4.42 Å². The molecule has 4 nitrogen and oxygen atoms in total. The number of nitrogens with zero attached hydrogens (tertiary/aromatic N) is 3. The largest absolute Gasteiger partial charge is 0.456 e. The minimum absolute atomic E-state index is 0.712. The van der Waals surface area contributed by atoms with E-state index in [1.165, 1.54) is 0 Å². The van der Waals surface area contributed by atoms with Crippen molar-refractivity contribution in [2.75, 3.05) is 0 Å². The quantitative estimate of drug-likeness (QED) is 0.399. The third-order valence-corrected chi connectivity index (χ3v) is 4.85. The Balaban J connectivity index is 1.61. The van der Waals surface area contributed by atoms with Gasteiger partial charge in [0.15, 0.2) is 5.82 Å². The number of aryl methyl sites for hydroxylation is 1. The van der Waals surface area contributed by atoms with Crippen molar-refractivity contribution in [3.8, 4) is 34.0 Å². The molecule has 0 N–H and O–H groups in total. The predicted molar refractivity (Wildman–Crippen MR) is 111 cm³/mol. The maximum absolute atomic E-state index is 6.21. The van der Waals surface area contributed by atoms with Gasteiger partial charge in [-0.25, -0.2) is 9.97 Å². The zero-order valence-electron chi connectivity index (χ0n) is 15.3. The minimum Gasteiger partial charge on any atom is -0.456 e. The third kappa shape index (κ3) is 2.85. The summed E-state index contributed by atoms with van der Waals surface area (Å²) in [5.74, 6) is 1.59. The normalized spacial score (nSPS) is 11.0. The molecule has 0 bridgehead atoms. The van der Waals surface area contributed by atoms with Crippen LogP contribution >= 0.6 is 0 Å². The number of hydrogen-bond donors (Lipinski definition) is 0. The molecular formula is C24H17N3O. The van der Waals surface area contributed by atoms with Crippen molar-refractivity contribution in [2.24, 2.45) is 0 Å². The summed E-state index contributed by atoms with van der Waals surface area (Å²) in [4.78, 5) is 13.1. The number of hydrogen-bond acceptors (Lipinski definition) is 4. The lowest BCUT2D eigenvalue weighted by molar-refractivity contribution is 0.629. The molecule has 0 aliphatic heterocycles. The SMILES string of the molecule is Cc1c(-c2cccc(-c3ccccn3)c2)oc2ccc(-c3ncccn3)cc12. The molecule has 0 saturated heterocycles. The summed E-state index contributed by atoms with van der Waals surface area (Å²) in [6.07, 6.45) is 5.31. The van der Waals surface area contributed by atoms with Gasteiger partial charge in [0.2, 0.25) is 0 Å². The molecule has 5 rings (SSSR count). The molecule has 5 aromatic rings. The highest BCUT2D eigenvalue weighted by atomic mass is 16.3. The Kier molecular flexibility index (Phi) is 3.95. The van der Waals surface area contributed by atoms with Gasteiger partial charge in [-0.2, -0.15) is 0 Å². The molecule has 3 heterocycles. The van der Waals surface area contributed by atoms with E-state index in [4.69, 9.17) is 4.42 Å². The smallest absolute Gasteiger partial charge is 0.159 e. The van der Waals surface area contributed by atoms with Crippen LogP contribution in [-0.2, 0) is 0 Å². The topological polar surface area (TPSA) is 51.8 Å². The minimum atomic E-state index is 0.712. The van der Waals surface area contributed by atoms with E-state index in [-0.39, 0.29) is 0 Å². The molecule has 0 saturated carbocycles. The van der Waals surface area contributed by atoms with Crippen LogP contribution in [0.25, 0.3) is 44.9 Å². The van der Waals surface area contributed by atoms with E-state index in [9.17, 15) is 0 Å². The van der Waals surface area contributed by atoms with Gasteiger partial charge in [-0.3, -0.25) is 4.98 Å². The van der Waals surface area contributed by atoms with Crippen molar-refractivity contribution in [2.45, 2.75) is 6.92 Å². The first-order valence-electron chi connectivity index (χ1n) is 9.12. The van der Waals surface area contributed by atoms with Crippen LogP contribution in [-0.4, -0.2) is 15.0 Å². The fourth-order valence-electron chi connectivity index (χ4n) is 3.44. The highest BCUT2D eigenvalue weighted by Gasteiger charge is 2.14. The van der Waals surface area contributed by atoms with Crippen LogP contribution in [0.4, 0.5) is 0 Å². The molecule has 134 valence electrons. The number of pyridine rings is 1. The molecule has 0 aliphatic rings. The molecule has 4 heteroatoms. The van der Waals surface area contributed by atoms with Crippen molar-refractivity contribution in [1.29, 1.82) is 0 Å². The summed E-state index contributed by atoms with van der Waals surface area (Å²) in [5, 5.41) is 1.07. The lowest BCUT2D eigenvalue weighted by atomic mass is 10.0. The Morgan fingerprint density at radius 1 is 0.679 bits per heavy atom. The van der Waals surface area contributed by atoms with Gasteiger partial charge in [-0.05, 0) is 49.4 Å². The molecule has 0 spiro atoms. The monoisotopic (exact) mass is 363 g/mol. The Morgan fingerprint density at radius 3 is 2.32 bits per heavy atom. The van der Waals surface area contributed by atoms with Crippen molar-refractivity contribution >= 4 is 11.0 Å². The fraction of sp³-hybridized carbons (Fsp3) is 0.0417. The fourth-order valence-corrected chi connectivity index (χ4v) is 3.44. The number of aromatic nitrogens is 3. The zero-order chi connectivity index (χ0) is 18.9.